The van der Waals surface area contributed by atoms with Crippen LogP contribution in [0.3, 0.4) is 0 Å². The maximum Gasteiger partial charge on any atom is 0.418 e. The van der Waals surface area contributed by atoms with Crippen LogP contribution in [0.1, 0.15) is 22.5 Å². The van der Waals surface area contributed by atoms with Gasteiger partial charge in [-0.05, 0) is 50.3 Å². The first-order chi connectivity index (χ1) is 15.6. The van der Waals surface area contributed by atoms with Crippen molar-refractivity contribution in [1.82, 2.24) is 9.78 Å². The monoisotopic (exact) mass is 477 g/mol. The molecule has 1 heterocycles. The van der Waals surface area contributed by atoms with E-state index in [-0.39, 0.29) is 5.02 Å². The van der Waals surface area contributed by atoms with Crippen LogP contribution in [0.25, 0.3) is 11.8 Å². The highest BCUT2D eigenvalue weighted by Gasteiger charge is 2.34. The molecule has 1 N–H and O–H groups in total. The minimum atomic E-state index is -4.72. The van der Waals surface area contributed by atoms with E-state index in [9.17, 15) is 22.8 Å². The molecule has 0 unspecified atom stereocenters. The molecule has 0 fully saturated rings. The van der Waals surface area contributed by atoms with Crippen molar-refractivity contribution in [3.63, 3.8) is 0 Å². The molecule has 0 spiro atoms. The molecule has 0 aliphatic carbocycles. The summed E-state index contributed by atoms with van der Waals surface area (Å²) in [5.74, 6) is -1.75. The molecule has 2 aromatic carbocycles. The van der Waals surface area contributed by atoms with Crippen LogP contribution in [-0.2, 0) is 20.5 Å². The lowest BCUT2D eigenvalue weighted by molar-refractivity contribution is -0.142. The van der Waals surface area contributed by atoms with Gasteiger partial charge in [0.05, 0.1) is 22.6 Å². The first-order valence-electron chi connectivity index (χ1n) is 9.69. The summed E-state index contributed by atoms with van der Waals surface area (Å²) in [5.41, 5.74) is 1.45. The standard InChI is InChI=1S/C23H19ClF3N3O3/c1-14-18(15(2)30(29-14)17-6-4-3-5-7-17)9-11-22(32)33-13-21(31)28-20-10-8-16(24)12-19(20)23(25,26)27/h3-12H,13H2,1-2H3,(H,28,31)/b11-9+. The Balaban J connectivity index is 1.63. The van der Waals surface area contributed by atoms with Crippen LogP contribution in [0.5, 0.6) is 0 Å². The fraction of sp³-hybridized carbons (Fsp3) is 0.174. The van der Waals surface area contributed by atoms with Crippen LogP contribution in [0.2, 0.25) is 5.02 Å². The molecule has 1 amide bonds. The molecule has 0 radical (unpaired) electrons. The van der Waals surface area contributed by atoms with Gasteiger partial charge in [0, 0.05) is 22.4 Å². The van der Waals surface area contributed by atoms with Gasteiger partial charge >= 0.3 is 12.1 Å². The highest BCUT2D eigenvalue weighted by molar-refractivity contribution is 6.30. The summed E-state index contributed by atoms with van der Waals surface area (Å²) in [4.78, 5) is 24.0. The smallest absolute Gasteiger partial charge is 0.418 e. The van der Waals surface area contributed by atoms with E-state index in [1.807, 2.05) is 37.3 Å². The minimum absolute atomic E-state index is 0.127. The Bertz CT molecular complexity index is 1200. The zero-order valence-corrected chi connectivity index (χ0v) is 18.4. The number of nitrogens with zero attached hydrogens (tertiary/aromatic N) is 2. The van der Waals surface area contributed by atoms with Crippen LogP contribution >= 0.6 is 11.6 Å². The molecular formula is C23H19ClF3N3O3. The molecule has 6 nitrogen and oxygen atoms in total. The minimum Gasteiger partial charge on any atom is -0.452 e. The maximum atomic E-state index is 13.1. The molecular weight excluding hydrogens is 459 g/mol. The van der Waals surface area contributed by atoms with E-state index in [1.165, 1.54) is 12.1 Å². The summed E-state index contributed by atoms with van der Waals surface area (Å²) >= 11 is 5.61. The predicted molar refractivity (Wildman–Crippen MR) is 118 cm³/mol. The average Bonchev–Trinajstić information content (AvgIpc) is 3.05. The number of ether oxygens (including phenoxy) is 1. The van der Waals surface area contributed by atoms with Crippen LogP contribution in [0.4, 0.5) is 18.9 Å². The number of hydrogen-bond acceptors (Lipinski definition) is 4. The fourth-order valence-electron chi connectivity index (χ4n) is 3.10. The highest BCUT2D eigenvalue weighted by Crippen LogP contribution is 2.36. The van der Waals surface area contributed by atoms with E-state index in [0.29, 0.717) is 17.3 Å². The van der Waals surface area contributed by atoms with E-state index in [0.717, 1.165) is 23.5 Å². The number of esters is 1. The quantitative estimate of drug-likeness (QED) is 0.383. The first kappa shape index (κ1) is 24.1. The topological polar surface area (TPSA) is 73.2 Å². The molecule has 0 bridgehead atoms. The van der Waals surface area contributed by atoms with Gasteiger partial charge in [-0.25, -0.2) is 9.48 Å². The normalized spacial score (nSPS) is 11.6. The molecule has 10 heteroatoms. The van der Waals surface area contributed by atoms with Crippen LogP contribution < -0.4 is 5.32 Å². The summed E-state index contributed by atoms with van der Waals surface area (Å²) in [6.07, 6.45) is -2.08. The average molecular weight is 478 g/mol. The molecule has 3 aromatic rings. The molecule has 1 aromatic heterocycles. The zero-order valence-electron chi connectivity index (χ0n) is 17.6. The van der Waals surface area contributed by atoms with Gasteiger partial charge in [-0.3, -0.25) is 4.79 Å². The van der Waals surface area contributed by atoms with E-state index in [4.69, 9.17) is 16.3 Å². The van der Waals surface area contributed by atoms with Gasteiger partial charge in [0.2, 0.25) is 0 Å². The molecule has 0 aliphatic heterocycles. The zero-order chi connectivity index (χ0) is 24.2. The number of halogens is 4. The Kier molecular flexibility index (Phi) is 7.23. The Morgan fingerprint density at radius 2 is 1.85 bits per heavy atom. The van der Waals surface area contributed by atoms with E-state index >= 15 is 0 Å². The Labute approximate surface area is 192 Å². The van der Waals surface area contributed by atoms with Gasteiger partial charge < -0.3 is 10.1 Å². The SMILES string of the molecule is Cc1nn(-c2ccccc2)c(C)c1/C=C/C(=O)OCC(=O)Nc1ccc(Cl)cc1C(F)(F)F. The number of aromatic nitrogens is 2. The number of alkyl halides is 3. The van der Waals surface area contributed by atoms with Crippen molar-refractivity contribution < 1.29 is 27.5 Å². The van der Waals surface area contributed by atoms with Crippen molar-refractivity contribution in [3.05, 3.63) is 82.1 Å². The second-order valence-corrected chi connectivity index (χ2v) is 7.45. The van der Waals surface area contributed by atoms with Crippen LogP contribution in [0.15, 0.2) is 54.6 Å². The molecule has 172 valence electrons. The van der Waals surface area contributed by atoms with Crippen LogP contribution in [0, 0.1) is 13.8 Å². The summed E-state index contributed by atoms with van der Waals surface area (Å²) < 4.78 is 45.9. The third-order valence-electron chi connectivity index (χ3n) is 4.64. The maximum absolute atomic E-state index is 13.1. The summed E-state index contributed by atoms with van der Waals surface area (Å²) in [7, 11) is 0. The number of carbonyl (C=O) groups excluding carboxylic acids is 2. The van der Waals surface area contributed by atoms with Crippen molar-refractivity contribution in [2.75, 3.05) is 11.9 Å². The molecule has 0 saturated heterocycles. The number of rotatable bonds is 6. The third kappa shape index (κ3) is 6.01. The lowest BCUT2D eigenvalue weighted by atomic mass is 10.1. The number of nitrogens with one attached hydrogen (secondary N) is 1. The first-order valence-corrected chi connectivity index (χ1v) is 10.1. The molecule has 33 heavy (non-hydrogen) atoms. The van der Waals surface area contributed by atoms with Crippen molar-refractivity contribution in [2.45, 2.75) is 20.0 Å². The molecule has 0 aliphatic rings. The number of carbonyl (C=O) groups is 2. The third-order valence-corrected chi connectivity index (χ3v) is 4.88. The summed E-state index contributed by atoms with van der Waals surface area (Å²) in [6.45, 7) is 2.87. The largest absolute Gasteiger partial charge is 0.452 e. The Morgan fingerprint density at radius 3 is 2.52 bits per heavy atom. The van der Waals surface area contributed by atoms with E-state index in [1.54, 1.807) is 11.6 Å². The van der Waals surface area contributed by atoms with E-state index in [2.05, 4.69) is 10.4 Å². The van der Waals surface area contributed by atoms with Crippen LogP contribution in [-0.4, -0.2) is 28.3 Å². The highest BCUT2D eigenvalue weighted by atomic mass is 35.5. The molecule has 0 atom stereocenters. The second-order valence-electron chi connectivity index (χ2n) is 7.01. The summed E-state index contributed by atoms with van der Waals surface area (Å²) in [5, 5.41) is 6.42. The van der Waals surface area contributed by atoms with Gasteiger partial charge in [-0.1, -0.05) is 29.8 Å². The second kappa shape index (κ2) is 9.91. The molecule has 0 saturated carbocycles. The Morgan fingerprint density at radius 1 is 1.15 bits per heavy atom. The van der Waals surface area contributed by atoms with Gasteiger partial charge in [0.25, 0.3) is 5.91 Å². The number of anilines is 1. The number of amides is 1. The number of para-hydroxylation sites is 1. The number of hydrogen-bond donors (Lipinski definition) is 1. The fourth-order valence-corrected chi connectivity index (χ4v) is 3.27. The van der Waals surface area contributed by atoms with Gasteiger partial charge in [0.1, 0.15) is 0 Å². The number of benzene rings is 2. The van der Waals surface area contributed by atoms with E-state index < -0.39 is 35.9 Å². The van der Waals surface area contributed by atoms with Crippen molar-refractivity contribution >= 4 is 35.2 Å². The molecule has 3 rings (SSSR count). The summed E-state index contributed by atoms with van der Waals surface area (Å²) in [6, 6.07) is 12.4. The van der Waals surface area contributed by atoms with Gasteiger partial charge in [0.15, 0.2) is 6.61 Å². The number of aryl methyl sites for hydroxylation is 1. The van der Waals surface area contributed by atoms with Crippen molar-refractivity contribution in [3.8, 4) is 5.69 Å². The van der Waals surface area contributed by atoms with Crippen molar-refractivity contribution in [2.24, 2.45) is 0 Å². The lowest BCUT2D eigenvalue weighted by Crippen LogP contribution is -2.22. The van der Waals surface area contributed by atoms with Crippen molar-refractivity contribution in [1.29, 1.82) is 0 Å². The Hall–Kier alpha value is -3.59. The predicted octanol–water partition coefficient (Wildman–Crippen LogP) is 5.36. The van der Waals surface area contributed by atoms with Gasteiger partial charge in [-0.2, -0.15) is 18.3 Å². The lowest BCUT2D eigenvalue weighted by Gasteiger charge is -2.14. The van der Waals surface area contributed by atoms with Gasteiger partial charge in [-0.15, -0.1) is 0 Å².